The summed E-state index contributed by atoms with van der Waals surface area (Å²) in [5.41, 5.74) is 2.30. The molecule has 2 nitrogen and oxygen atoms in total. The Kier molecular flexibility index (Phi) is 9.88. The predicted molar refractivity (Wildman–Crippen MR) is 98.0 cm³/mol. The van der Waals surface area contributed by atoms with Gasteiger partial charge in [0.1, 0.15) is 0 Å². The molecule has 0 heterocycles. The summed E-state index contributed by atoms with van der Waals surface area (Å²) in [5.74, 6) is 0. The topological polar surface area (TPSA) is 24.1 Å². The van der Waals surface area contributed by atoms with Crippen LogP contribution in [0.25, 0.3) is 0 Å². The zero-order valence-corrected chi connectivity index (χ0v) is 14.4. The Hall–Kier alpha value is -1.09. The maximum absolute atomic E-state index is 5.31. The van der Waals surface area contributed by atoms with E-state index in [2.05, 4.69) is 36.6 Å². The molecule has 3 heteroatoms. The summed E-state index contributed by atoms with van der Waals surface area (Å²) in [5, 5.41) is 7.24. The molecule has 0 radical (unpaired) electrons. The molecule has 0 amide bonds. The molecule has 2 N–H and O–H groups in total. The number of benzene rings is 1. The minimum Gasteiger partial charge on any atom is -0.362 e. The van der Waals surface area contributed by atoms with Gasteiger partial charge >= 0.3 is 0 Å². The number of unbranched alkanes of at least 4 members (excludes halogenated alkanes) is 7. The van der Waals surface area contributed by atoms with Gasteiger partial charge in [-0.1, -0.05) is 64.0 Å². The quantitative estimate of drug-likeness (QED) is 0.446. The van der Waals surface area contributed by atoms with Gasteiger partial charge in [-0.25, -0.2) is 0 Å². The van der Waals surface area contributed by atoms with E-state index in [1.165, 1.54) is 56.9 Å². The largest absolute Gasteiger partial charge is 0.362 e. The highest BCUT2D eigenvalue weighted by atomic mass is 32.1. The fourth-order valence-electron chi connectivity index (χ4n) is 2.36. The molecule has 118 valence electrons. The van der Waals surface area contributed by atoms with Crippen LogP contribution in [-0.2, 0) is 0 Å². The number of aryl methyl sites for hydroxylation is 1. The standard InChI is InChI=1S/C18H30N2S/c1-3-4-5-6-7-8-9-10-14-19-18(21)20-17-13-11-12-16(2)15-17/h11-13,15H,3-10,14H2,1-2H3,(H2,19,20,21). The zero-order chi connectivity index (χ0) is 15.3. The van der Waals surface area contributed by atoms with Crippen molar-refractivity contribution in [3.63, 3.8) is 0 Å². The van der Waals surface area contributed by atoms with Gasteiger partial charge in [-0.2, -0.15) is 0 Å². The van der Waals surface area contributed by atoms with Gasteiger partial charge in [0.2, 0.25) is 0 Å². The van der Waals surface area contributed by atoms with E-state index in [0.717, 1.165) is 17.3 Å². The predicted octanol–water partition coefficient (Wildman–Crippen LogP) is 5.42. The van der Waals surface area contributed by atoms with Gasteiger partial charge in [-0.05, 0) is 43.3 Å². The average molecular weight is 307 g/mol. The Morgan fingerprint density at radius 2 is 1.67 bits per heavy atom. The van der Waals surface area contributed by atoms with Gasteiger partial charge in [-0.3, -0.25) is 0 Å². The SMILES string of the molecule is CCCCCCCCCCNC(=S)Nc1cccc(C)c1. The van der Waals surface area contributed by atoms with Crippen molar-refractivity contribution in [1.82, 2.24) is 5.32 Å². The number of hydrogen-bond acceptors (Lipinski definition) is 1. The lowest BCUT2D eigenvalue weighted by Crippen LogP contribution is -2.29. The minimum atomic E-state index is 0.726. The van der Waals surface area contributed by atoms with E-state index in [1.807, 2.05) is 12.1 Å². The number of anilines is 1. The van der Waals surface area contributed by atoms with Crippen LogP contribution in [0.4, 0.5) is 5.69 Å². The third kappa shape index (κ3) is 9.46. The van der Waals surface area contributed by atoms with E-state index in [4.69, 9.17) is 12.2 Å². The third-order valence-electron chi connectivity index (χ3n) is 3.59. The molecular formula is C18H30N2S. The molecule has 1 aromatic rings. The van der Waals surface area contributed by atoms with E-state index in [0.29, 0.717) is 0 Å². The van der Waals surface area contributed by atoms with E-state index in [-0.39, 0.29) is 0 Å². The normalized spacial score (nSPS) is 10.4. The molecule has 0 aromatic heterocycles. The lowest BCUT2D eigenvalue weighted by molar-refractivity contribution is 0.573. The highest BCUT2D eigenvalue weighted by molar-refractivity contribution is 7.80. The Balaban J connectivity index is 1.99. The fourth-order valence-corrected chi connectivity index (χ4v) is 2.58. The molecule has 0 fully saturated rings. The highest BCUT2D eigenvalue weighted by Crippen LogP contribution is 2.10. The Labute approximate surface area is 135 Å². The van der Waals surface area contributed by atoms with Crippen LogP contribution in [-0.4, -0.2) is 11.7 Å². The Bertz CT molecular complexity index is 404. The van der Waals surface area contributed by atoms with Crippen LogP contribution in [0, 0.1) is 6.92 Å². The van der Waals surface area contributed by atoms with Crippen LogP contribution in [0.5, 0.6) is 0 Å². The summed E-state index contributed by atoms with van der Waals surface area (Å²) in [6, 6.07) is 8.27. The highest BCUT2D eigenvalue weighted by Gasteiger charge is 1.97. The molecule has 0 atom stereocenters. The second-order valence-electron chi connectivity index (χ2n) is 5.73. The van der Waals surface area contributed by atoms with Gasteiger partial charge in [0.15, 0.2) is 5.11 Å². The molecule has 21 heavy (non-hydrogen) atoms. The van der Waals surface area contributed by atoms with E-state index in [1.54, 1.807) is 0 Å². The lowest BCUT2D eigenvalue weighted by atomic mass is 10.1. The Morgan fingerprint density at radius 1 is 1.00 bits per heavy atom. The van der Waals surface area contributed by atoms with Gasteiger partial charge < -0.3 is 10.6 Å². The van der Waals surface area contributed by atoms with Crippen LogP contribution in [0.2, 0.25) is 0 Å². The van der Waals surface area contributed by atoms with Gasteiger partial charge in [-0.15, -0.1) is 0 Å². The van der Waals surface area contributed by atoms with Crippen molar-refractivity contribution < 1.29 is 0 Å². The monoisotopic (exact) mass is 306 g/mol. The summed E-state index contributed by atoms with van der Waals surface area (Å²) in [6.07, 6.45) is 10.7. The van der Waals surface area contributed by atoms with Crippen molar-refractivity contribution in [2.24, 2.45) is 0 Å². The molecule has 0 aliphatic carbocycles. The second kappa shape index (κ2) is 11.6. The molecule has 0 saturated carbocycles. The number of hydrogen-bond donors (Lipinski definition) is 2. The summed E-state index contributed by atoms with van der Waals surface area (Å²) in [7, 11) is 0. The van der Waals surface area contributed by atoms with E-state index >= 15 is 0 Å². The molecule has 0 saturated heterocycles. The molecule has 0 aliphatic heterocycles. The van der Waals surface area contributed by atoms with Crippen molar-refractivity contribution in [2.75, 3.05) is 11.9 Å². The molecule has 1 rings (SSSR count). The number of nitrogens with one attached hydrogen (secondary N) is 2. The van der Waals surface area contributed by atoms with Gasteiger partial charge in [0, 0.05) is 12.2 Å². The molecule has 1 aromatic carbocycles. The van der Waals surface area contributed by atoms with Gasteiger partial charge in [0.05, 0.1) is 0 Å². The minimum absolute atomic E-state index is 0.726. The molecule has 0 spiro atoms. The van der Waals surface area contributed by atoms with Crippen molar-refractivity contribution in [2.45, 2.75) is 65.2 Å². The molecule has 0 unspecified atom stereocenters. The maximum atomic E-state index is 5.31. The first-order chi connectivity index (χ1) is 10.2. The van der Waals surface area contributed by atoms with Crippen LogP contribution >= 0.6 is 12.2 Å². The molecule has 0 bridgehead atoms. The van der Waals surface area contributed by atoms with Crippen LogP contribution in [0.15, 0.2) is 24.3 Å². The maximum Gasteiger partial charge on any atom is 0.170 e. The van der Waals surface area contributed by atoms with E-state index in [9.17, 15) is 0 Å². The summed E-state index contributed by atoms with van der Waals surface area (Å²) < 4.78 is 0. The summed E-state index contributed by atoms with van der Waals surface area (Å²) in [6.45, 7) is 5.31. The van der Waals surface area contributed by atoms with Crippen LogP contribution < -0.4 is 10.6 Å². The summed E-state index contributed by atoms with van der Waals surface area (Å²) in [4.78, 5) is 0. The zero-order valence-electron chi connectivity index (χ0n) is 13.6. The smallest absolute Gasteiger partial charge is 0.170 e. The van der Waals surface area contributed by atoms with Gasteiger partial charge in [0.25, 0.3) is 0 Å². The molecule has 0 aliphatic rings. The fraction of sp³-hybridized carbons (Fsp3) is 0.611. The van der Waals surface area contributed by atoms with Crippen molar-refractivity contribution in [3.8, 4) is 0 Å². The third-order valence-corrected chi connectivity index (χ3v) is 3.84. The molecular weight excluding hydrogens is 276 g/mol. The van der Waals surface area contributed by atoms with Crippen LogP contribution in [0.1, 0.15) is 63.9 Å². The van der Waals surface area contributed by atoms with Crippen LogP contribution in [0.3, 0.4) is 0 Å². The average Bonchev–Trinajstić information content (AvgIpc) is 2.45. The lowest BCUT2D eigenvalue weighted by Gasteiger charge is -2.10. The number of rotatable bonds is 10. The van der Waals surface area contributed by atoms with Crippen molar-refractivity contribution >= 4 is 23.0 Å². The van der Waals surface area contributed by atoms with Crippen molar-refractivity contribution in [3.05, 3.63) is 29.8 Å². The first-order valence-electron chi connectivity index (χ1n) is 8.34. The Morgan fingerprint density at radius 3 is 2.33 bits per heavy atom. The number of thiocarbonyl (C=S) groups is 1. The first kappa shape index (κ1) is 18.0. The van der Waals surface area contributed by atoms with E-state index < -0.39 is 0 Å². The first-order valence-corrected chi connectivity index (χ1v) is 8.74. The second-order valence-corrected chi connectivity index (χ2v) is 6.13. The summed E-state index contributed by atoms with van der Waals surface area (Å²) >= 11 is 5.31. The van der Waals surface area contributed by atoms with Crippen molar-refractivity contribution in [1.29, 1.82) is 0 Å².